The molecule has 2 heterocycles. The van der Waals surface area contributed by atoms with Crippen LogP contribution in [0, 0.1) is 0 Å². The van der Waals surface area contributed by atoms with Gasteiger partial charge < -0.3 is 9.73 Å². The lowest BCUT2D eigenvalue weighted by atomic mass is 10.2. The summed E-state index contributed by atoms with van der Waals surface area (Å²) in [7, 11) is 0. The predicted molar refractivity (Wildman–Crippen MR) is 128 cm³/mol. The largest absolute Gasteiger partial charge is 0.460 e. The second kappa shape index (κ2) is 11.5. The zero-order valence-electron chi connectivity index (χ0n) is 16.4. The molecule has 0 atom stereocenters. The Kier molecular flexibility index (Phi) is 8.80. The van der Waals surface area contributed by atoms with Crippen LogP contribution in [-0.2, 0) is 6.54 Å². The summed E-state index contributed by atoms with van der Waals surface area (Å²) in [6, 6.07) is 19.1. The summed E-state index contributed by atoms with van der Waals surface area (Å²) < 4.78 is 7.65. The van der Waals surface area contributed by atoms with E-state index in [4.69, 9.17) is 27.6 Å². The number of tetrazole rings is 1. The van der Waals surface area contributed by atoms with Crippen LogP contribution in [0.2, 0.25) is 10.0 Å². The Morgan fingerprint density at radius 1 is 1.03 bits per heavy atom. The number of furan rings is 1. The van der Waals surface area contributed by atoms with Gasteiger partial charge >= 0.3 is 0 Å². The van der Waals surface area contributed by atoms with E-state index in [0.717, 1.165) is 40.9 Å². The van der Waals surface area contributed by atoms with E-state index in [-0.39, 0.29) is 12.4 Å². The number of rotatable bonds is 9. The Bertz CT molecular complexity index is 1100. The zero-order valence-corrected chi connectivity index (χ0v) is 19.5. The van der Waals surface area contributed by atoms with Crippen molar-refractivity contribution in [3.63, 3.8) is 0 Å². The van der Waals surface area contributed by atoms with Gasteiger partial charge in [-0.2, -0.15) is 4.68 Å². The van der Waals surface area contributed by atoms with Gasteiger partial charge in [-0.25, -0.2) is 0 Å². The third kappa shape index (κ3) is 6.24. The van der Waals surface area contributed by atoms with E-state index < -0.39 is 0 Å². The van der Waals surface area contributed by atoms with Gasteiger partial charge in [-0.05, 0) is 65.9 Å². The molecule has 0 radical (unpaired) electrons. The number of thioether (sulfide) groups is 1. The van der Waals surface area contributed by atoms with Gasteiger partial charge in [0.25, 0.3) is 0 Å². The minimum atomic E-state index is 0. The van der Waals surface area contributed by atoms with E-state index in [1.807, 2.05) is 42.5 Å². The van der Waals surface area contributed by atoms with Crippen molar-refractivity contribution in [2.45, 2.75) is 18.1 Å². The zero-order chi connectivity index (χ0) is 20.8. The standard InChI is InChI=1S/C21H19Cl2N5OS.ClH/c22-15-7-9-19(23)18(13-15)20-10-8-17(29-20)14-24-11-4-12-30-21-25-26-27-28(21)16-5-2-1-3-6-16;/h1-3,5-10,13,24H,4,11-12,14H2;1H. The van der Waals surface area contributed by atoms with Gasteiger partial charge in [0.2, 0.25) is 5.16 Å². The molecule has 4 rings (SSSR count). The number of hydrogen-bond acceptors (Lipinski definition) is 6. The molecule has 4 aromatic rings. The molecule has 0 aliphatic carbocycles. The summed E-state index contributed by atoms with van der Waals surface area (Å²) >= 11 is 13.9. The van der Waals surface area contributed by atoms with E-state index >= 15 is 0 Å². The highest BCUT2D eigenvalue weighted by molar-refractivity contribution is 7.99. The molecule has 0 aliphatic heterocycles. The molecule has 162 valence electrons. The van der Waals surface area contributed by atoms with Crippen LogP contribution in [0.25, 0.3) is 17.0 Å². The van der Waals surface area contributed by atoms with E-state index in [9.17, 15) is 0 Å². The van der Waals surface area contributed by atoms with Gasteiger partial charge in [-0.3, -0.25) is 0 Å². The highest BCUT2D eigenvalue weighted by atomic mass is 35.5. The van der Waals surface area contributed by atoms with Crippen LogP contribution in [0.5, 0.6) is 0 Å². The molecule has 0 amide bonds. The van der Waals surface area contributed by atoms with Crippen molar-refractivity contribution in [3.8, 4) is 17.0 Å². The summed E-state index contributed by atoms with van der Waals surface area (Å²) in [6.07, 6.45) is 0.972. The first-order valence-corrected chi connectivity index (χ1v) is 11.2. The van der Waals surface area contributed by atoms with Crippen LogP contribution in [0.4, 0.5) is 0 Å². The van der Waals surface area contributed by atoms with Gasteiger partial charge in [0.1, 0.15) is 11.5 Å². The number of nitrogens with zero attached hydrogens (tertiary/aromatic N) is 4. The molecule has 6 nitrogen and oxygen atoms in total. The molecule has 0 saturated carbocycles. The van der Waals surface area contributed by atoms with Crippen LogP contribution in [0.3, 0.4) is 0 Å². The fourth-order valence-corrected chi connectivity index (χ4v) is 4.09. The van der Waals surface area contributed by atoms with E-state index in [1.54, 1.807) is 34.6 Å². The maximum Gasteiger partial charge on any atom is 0.214 e. The van der Waals surface area contributed by atoms with Crippen LogP contribution in [0.1, 0.15) is 12.2 Å². The molecule has 1 N–H and O–H groups in total. The molecule has 0 bridgehead atoms. The monoisotopic (exact) mass is 495 g/mol. The number of halogens is 3. The van der Waals surface area contributed by atoms with E-state index in [2.05, 4.69) is 20.8 Å². The summed E-state index contributed by atoms with van der Waals surface area (Å²) in [4.78, 5) is 0. The maximum absolute atomic E-state index is 6.24. The first-order chi connectivity index (χ1) is 14.7. The number of aromatic nitrogens is 4. The third-order valence-corrected chi connectivity index (χ3v) is 5.90. The quantitative estimate of drug-likeness (QED) is 0.229. The van der Waals surface area contributed by atoms with Gasteiger partial charge in [-0.1, -0.05) is 53.2 Å². The molecule has 0 aliphatic rings. The maximum atomic E-state index is 6.24. The molecular weight excluding hydrogens is 477 g/mol. The molecule has 10 heteroatoms. The number of benzene rings is 2. The molecule has 2 aromatic carbocycles. The number of hydrogen-bond donors (Lipinski definition) is 1. The highest BCUT2D eigenvalue weighted by Gasteiger charge is 2.10. The minimum Gasteiger partial charge on any atom is -0.460 e. The van der Waals surface area contributed by atoms with Crippen LogP contribution >= 0.6 is 47.4 Å². The average Bonchev–Trinajstić information content (AvgIpc) is 3.42. The fourth-order valence-electron chi connectivity index (χ4n) is 2.88. The Morgan fingerprint density at radius 2 is 1.87 bits per heavy atom. The molecular formula is C21H20Cl3N5OS. The molecule has 0 saturated heterocycles. The lowest BCUT2D eigenvalue weighted by Crippen LogP contribution is -2.14. The average molecular weight is 497 g/mol. The number of nitrogens with one attached hydrogen (secondary N) is 1. The normalized spacial score (nSPS) is 10.8. The Labute approximate surface area is 200 Å². The Hall–Kier alpha value is -2.03. The first-order valence-electron chi connectivity index (χ1n) is 9.42. The van der Waals surface area contributed by atoms with Crippen LogP contribution < -0.4 is 5.32 Å². The van der Waals surface area contributed by atoms with Crippen molar-refractivity contribution in [1.29, 1.82) is 0 Å². The smallest absolute Gasteiger partial charge is 0.214 e. The molecule has 0 fully saturated rings. The van der Waals surface area contributed by atoms with Crippen molar-refractivity contribution >= 4 is 47.4 Å². The highest BCUT2D eigenvalue weighted by Crippen LogP contribution is 2.31. The van der Waals surface area contributed by atoms with Crippen LogP contribution in [0.15, 0.2) is 70.2 Å². The predicted octanol–water partition coefficient (Wildman–Crippen LogP) is 5.92. The molecule has 2 aromatic heterocycles. The Balaban J connectivity index is 0.00000272. The minimum absolute atomic E-state index is 0. The second-order valence-corrected chi connectivity index (χ2v) is 8.38. The molecule has 0 unspecified atom stereocenters. The van der Waals surface area contributed by atoms with Crippen molar-refractivity contribution in [2.24, 2.45) is 0 Å². The summed E-state index contributed by atoms with van der Waals surface area (Å²) in [5, 5.41) is 17.4. The first kappa shape index (κ1) is 23.6. The summed E-state index contributed by atoms with van der Waals surface area (Å²) in [5.41, 5.74) is 1.75. The van der Waals surface area contributed by atoms with Crippen molar-refractivity contribution < 1.29 is 4.42 Å². The van der Waals surface area contributed by atoms with Gasteiger partial charge in [0.15, 0.2) is 0 Å². The fraction of sp³-hybridized carbons (Fsp3) is 0.190. The second-order valence-electron chi connectivity index (χ2n) is 6.48. The van der Waals surface area contributed by atoms with Crippen molar-refractivity contribution in [2.75, 3.05) is 12.3 Å². The van der Waals surface area contributed by atoms with Crippen molar-refractivity contribution in [3.05, 3.63) is 76.5 Å². The van der Waals surface area contributed by atoms with Crippen molar-refractivity contribution in [1.82, 2.24) is 25.5 Å². The van der Waals surface area contributed by atoms with Gasteiger partial charge in [-0.15, -0.1) is 17.5 Å². The Morgan fingerprint density at radius 3 is 2.71 bits per heavy atom. The molecule has 31 heavy (non-hydrogen) atoms. The summed E-state index contributed by atoms with van der Waals surface area (Å²) in [6.45, 7) is 1.50. The van der Waals surface area contributed by atoms with E-state index in [1.165, 1.54) is 0 Å². The topological polar surface area (TPSA) is 68.8 Å². The van der Waals surface area contributed by atoms with Gasteiger partial charge in [0, 0.05) is 16.3 Å². The van der Waals surface area contributed by atoms with E-state index in [0.29, 0.717) is 22.4 Å². The lowest BCUT2D eigenvalue weighted by molar-refractivity contribution is 0.494. The SMILES string of the molecule is Cl.Clc1ccc(Cl)c(-c2ccc(CNCCCSc3nnnn3-c3ccccc3)o2)c1. The lowest BCUT2D eigenvalue weighted by Gasteiger charge is -2.05. The molecule has 0 spiro atoms. The van der Waals surface area contributed by atoms with Crippen LogP contribution in [-0.4, -0.2) is 32.5 Å². The van der Waals surface area contributed by atoms with Gasteiger partial charge in [0.05, 0.1) is 17.3 Å². The third-order valence-electron chi connectivity index (χ3n) is 4.33. The number of para-hydroxylation sites is 1. The summed E-state index contributed by atoms with van der Waals surface area (Å²) in [5.74, 6) is 2.46.